The highest BCUT2D eigenvalue weighted by molar-refractivity contribution is 5.98. The van der Waals surface area contributed by atoms with Crippen molar-refractivity contribution in [3.63, 3.8) is 0 Å². The number of halogens is 1. The molecule has 0 radical (unpaired) electrons. The molecule has 8 heteroatoms. The first-order valence-electron chi connectivity index (χ1n) is 9.80. The zero-order valence-electron chi connectivity index (χ0n) is 17.3. The number of benzene rings is 1. The number of aromatic nitrogens is 1. The lowest BCUT2D eigenvalue weighted by Crippen LogP contribution is -2.42. The van der Waals surface area contributed by atoms with Crippen molar-refractivity contribution in [2.75, 3.05) is 6.61 Å². The molecule has 160 valence electrons. The maximum Gasteiger partial charge on any atom is 0.226 e. The van der Waals surface area contributed by atoms with Gasteiger partial charge in [-0.3, -0.25) is 9.78 Å². The monoisotopic (exact) mass is 415 g/mol. The molecule has 1 amide bonds. The number of pyridine rings is 1. The van der Waals surface area contributed by atoms with E-state index in [-0.39, 0.29) is 18.9 Å². The van der Waals surface area contributed by atoms with Crippen molar-refractivity contribution in [3.8, 4) is 0 Å². The summed E-state index contributed by atoms with van der Waals surface area (Å²) in [6, 6.07) is 6.67. The first kappa shape index (κ1) is 21.9. The maximum absolute atomic E-state index is 13.3. The molecule has 0 aliphatic carbocycles. The molecule has 0 spiro atoms. The van der Waals surface area contributed by atoms with E-state index in [4.69, 9.17) is 4.74 Å². The first-order chi connectivity index (χ1) is 14.2. The number of carbonyl (C=O) groups is 1. The predicted molar refractivity (Wildman–Crippen MR) is 109 cm³/mol. The van der Waals surface area contributed by atoms with Crippen LogP contribution in [0.25, 0.3) is 0 Å². The second-order valence-corrected chi connectivity index (χ2v) is 7.69. The Kier molecular flexibility index (Phi) is 6.48. The second-order valence-electron chi connectivity index (χ2n) is 7.69. The average molecular weight is 415 g/mol. The minimum absolute atomic E-state index is 0.0436. The lowest BCUT2D eigenvalue weighted by molar-refractivity contribution is -0.123. The van der Waals surface area contributed by atoms with Crippen molar-refractivity contribution in [1.29, 1.82) is 0 Å². The summed E-state index contributed by atoms with van der Waals surface area (Å²) in [5, 5.41) is 23.1. The van der Waals surface area contributed by atoms with E-state index in [1.54, 1.807) is 19.9 Å². The summed E-state index contributed by atoms with van der Waals surface area (Å²) < 4.78 is 18.8. The Morgan fingerprint density at radius 3 is 2.63 bits per heavy atom. The van der Waals surface area contributed by atoms with Crippen LogP contribution in [0.2, 0.25) is 0 Å². The molecule has 2 aromatic rings. The third-order valence-electron chi connectivity index (χ3n) is 4.82. The van der Waals surface area contributed by atoms with Crippen molar-refractivity contribution in [2.45, 2.75) is 52.0 Å². The topological polar surface area (TPSA) is 104 Å². The van der Waals surface area contributed by atoms with Crippen LogP contribution in [0.1, 0.15) is 54.9 Å². The van der Waals surface area contributed by atoms with Crippen LogP contribution in [0.5, 0.6) is 0 Å². The van der Waals surface area contributed by atoms with E-state index in [0.29, 0.717) is 41.6 Å². The molecule has 1 aliphatic heterocycles. The Morgan fingerprint density at radius 2 is 2.03 bits per heavy atom. The number of nitrogens with zero attached hydrogens (tertiary/aromatic N) is 2. The number of ether oxygens (including phenoxy) is 1. The number of aliphatic hydroxyl groups is 2. The Labute approximate surface area is 174 Å². The van der Waals surface area contributed by atoms with E-state index >= 15 is 0 Å². The number of rotatable bonds is 7. The molecule has 7 nitrogen and oxygen atoms in total. The molecular formula is C22H26FN3O4. The highest BCUT2D eigenvalue weighted by Crippen LogP contribution is 2.27. The summed E-state index contributed by atoms with van der Waals surface area (Å²) in [6.07, 6.45) is -0.0436. The Hall–Kier alpha value is -2.84. The smallest absolute Gasteiger partial charge is 0.226 e. The number of fused-ring (bicyclic) bond motifs is 1. The van der Waals surface area contributed by atoms with Gasteiger partial charge in [0.1, 0.15) is 5.82 Å². The molecule has 1 aromatic carbocycles. The zero-order valence-corrected chi connectivity index (χ0v) is 17.3. The molecule has 1 atom stereocenters. The van der Waals surface area contributed by atoms with Gasteiger partial charge in [-0.15, -0.1) is 0 Å². The molecule has 3 N–H and O–H groups in total. The van der Waals surface area contributed by atoms with Crippen molar-refractivity contribution < 1.29 is 24.1 Å². The summed E-state index contributed by atoms with van der Waals surface area (Å²) in [5.41, 5.74) is 1.75. The van der Waals surface area contributed by atoms with Gasteiger partial charge >= 0.3 is 0 Å². The normalized spacial score (nSPS) is 14.1. The molecule has 30 heavy (non-hydrogen) atoms. The molecule has 0 unspecified atom stereocenters. The van der Waals surface area contributed by atoms with Gasteiger partial charge in [0, 0.05) is 0 Å². The van der Waals surface area contributed by atoms with E-state index in [9.17, 15) is 19.4 Å². The maximum atomic E-state index is 13.3. The molecular weight excluding hydrogens is 389 g/mol. The van der Waals surface area contributed by atoms with Gasteiger partial charge < -0.3 is 20.3 Å². The average Bonchev–Trinajstić information content (AvgIpc) is 3.08. The second kappa shape index (κ2) is 8.89. The number of carbonyl (C=O) groups excluding carboxylic acids is 1. The molecule has 0 fully saturated rings. The van der Waals surface area contributed by atoms with Crippen LogP contribution in [0.3, 0.4) is 0 Å². The van der Waals surface area contributed by atoms with Crippen LogP contribution < -0.4 is 5.32 Å². The fraction of sp³-hybridized carbons (Fsp3) is 0.409. The summed E-state index contributed by atoms with van der Waals surface area (Å²) in [7, 11) is 0. The fourth-order valence-corrected chi connectivity index (χ4v) is 3.50. The van der Waals surface area contributed by atoms with Crippen LogP contribution in [0, 0.1) is 5.82 Å². The van der Waals surface area contributed by atoms with Gasteiger partial charge in [-0.1, -0.05) is 12.1 Å². The number of aliphatic hydroxyl groups excluding tert-OH is 1. The first-order valence-corrected chi connectivity index (χ1v) is 9.80. The van der Waals surface area contributed by atoms with Crippen LogP contribution in [0.15, 0.2) is 35.3 Å². The SMILES string of the molecule is CCOC1=NCc2cc(CC(=O)N[C@@H](c3ccc(F)cc3)C(C)(C)O)nc(CO)c21. The third-order valence-corrected chi connectivity index (χ3v) is 4.82. The fourth-order valence-electron chi connectivity index (χ4n) is 3.50. The van der Waals surface area contributed by atoms with Gasteiger partial charge in [0.2, 0.25) is 11.8 Å². The molecule has 2 heterocycles. The standard InChI is InChI=1S/C22H26FN3O4/c1-4-30-21-19-14(11-24-21)9-16(25-17(19)12-27)10-18(28)26-20(22(2,3)29)13-5-7-15(23)8-6-13/h5-9,20,27,29H,4,10-12H2,1-3H3,(H,26,28)/t20-/m0/s1. The number of hydrogen-bond acceptors (Lipinski definition) is 6. The molecule has 0 bridgehead atoms. The van der Waals surface area contributed by atoms with Crippen molar-refractivity contribution in [3.05, 3.63) is 64.2 Å². The predicted octanol–water partition coefficient (Wildman–Crippen LogP) is 2.18. The van der Waals surface area contributed by atoms with Gasteiger partial charge in [0.05, 0.1) is 54.8 Å². The van der Waals surface area contributed by atoms with Crippen LogP contribution in [-0.2, 0) is 29.1 Å². The molecule has 1 aromatic heterocycles. The summed E-state index contributed by atoms with van der Waals surface area (Å²) in [6.45, 7) is 5.56. The number of hydrogen-bond donors (Lipinski definition) is 3. The third kappa shape index (κ3) is 4.83. The Morgan fingerprint density at radius 1 is 1.33 bits per heavy atom. The van der Waals surface area contributed by atoms with E-state index in [1.165, 1.54) is 24.3 Å². The molecule has 1 aliphatic rings. The van der Waals surface area contributed by atoms with Gasteiger partial charge in [-0.25, -0.2) is 9.38 Å². The van der Waals surface area contributed by atoms with Gasteiger partial charge in [0.25, 0.3) is 0 Å². The summed E-state index contributed by atoms with van der Waals surface area (Å²) in [4.78, 5) is 21.5. The highest BCUT2D eigenvalue weighted by Gasteiger charge is 2.30. The van der Waals surface area contributed by atoms with Crippen molar-refractivity contribution in [2.24, 2.45) is 4.99 Å². The largest absolute Gasteiger partial charge is 0.478 e. The summed E-state index contributed by atoms with van der Waals surface area (Å²) >= 11 is 0. The molecule has 0 saturated heterocycles. The Balaban J connectivity index is 1.79. The molecule has 0 saturated carbocycles. The van der Waals surface area contributed by atoms with Crippen LogP contribution in [-0.4, -0.2) is 39.2 Å². The van der Waals surface area contributed by atoms with E-state index in [2.05, 4.69) is 15.3 Å². The lowest BCUT2D eigenvalue weighted by Gasteiger charge is -2.30. The minimum atomic E-state index is -1.27. The summed E-state index contributed by atoms with van der Waals surface area (Å²) in [5.74, 6) is -0.294. The number of aliphatic imine (C=N–C) groups is 1. The van der Waals surface area contributed by atoms with E-state index in [0.717, 1.165) is 5.56 Å². The molecule has 3 rings (SSSR count). The van der Waals surface area contributed by atoms with Crippen LogP contribution >= 0.6 is 0 Å². The van der Waals surface area contributed by atoms with E-state index < -0.39 is 17.5 Å². The van der Waals surface area contributed by atoms with Gasteiger partial charge in [0.15, 0.2) is 0 Å². The van der Waals surface area contributed by atoms with Gasteiger partial charge in [-0.2, -0.15) is 0 Å². The quantitative estimate of drug-likeness (QED) is 0.643. The van der Waals surface area contributed by atoms with Crippen molar-refractivity contribution >= 4 is 11.8 Å². The lowest BCUT2D eigenvalue weighted by atomic mass is 9.91. The number of amides is 1. The number of nitrogens with one attached hydrogen (secondary N) is 1. The minimum Gasteiger partial charge on any atom is -0.478 e. The zero-order chi connectivity index (χ0) is 21.9. The van der Waals surface area contributed by atoms with E-state index in [1.807, 2.05) is 6.92 Å². The highest BCUT2D eigenvalue weighted by atomic mass is 19.1. The Bertz CT molecular complexity index is 952. The van der Waals surface area contributed by atoms with Crippen LogP contribution in [0.4, 0.5) is 4.39 Å². The van der Waals surface area contributed by atoms with Crippen molar-refractivity contribution in [1.82, 2.24) is 10.3 Å². The van der Waals surface area contributed by atoms with Gasteiger partial charge in [-0.05, 0) is 50.1 Å².